The summed E-state index contributed by atoms with van der Waals surface area (Å²) in [5.74, 6) is 0. The van der Waals surface area contributed by atoms with Crippen LogP contribution >= 0.6 is 0 Å². The first kappa shape index (κ1) is 11.6. The summed E-state index contributed by atoms with van der Waals surface area (Å²) in [7, 11) is 0. The van der Waals surface area contributed by atoms with Gasteiger partial charge in [0, 0.05) is 23.8 Å². The van der Waals surface area contributed by atoms with E-state index in [1.807, 2.05) is 10.9 Å². The predicted molar refractivity (Wildman–Crippen MR) is 63.2 cm³/mol. The summed E-state index contributed by atoms with van der Waals surface area (Å²) in [5, 5.41) is 17.9. The van der Waals surface area contributed by atoms with Gasteiger partial charge in [-0.3, -0.25) is 4.68 Å². The van der Waals surface area contributed by atoms with Gasteiger partial charge in [-0.1, -0.05) is 6.42 Å². The highest BCUT2D eigenvalue weighted by Crippen LogP contribution is 2.23. The number of rotatable bonds is 3. The van der Waals surface area contributed by atoms with Gasteiger partial charge in [-0.25, -0.2) is 0 Å². The average molecular weight is 223 g/mol. The maximum Gasteiger partial charge on any atom is 0.0973 e. The summed E-state index contributed by atoms with van der Waals surface area (Å²) >= 11 is 0. The van der Waals surface area contributed by atoms with Crippen LogP contribution in [0.25, 0.3) is 0 Å². The molecule has 0 radical (unpaired) electrons. The van der Waals surface area contributed by atoms with Crippen LogP contribution in [0.2, 0.25) is 0 Å². The number of hydrogen-bond donors (Lipinski definition) is 2. The van der Waals surface area contributed by atoms with E-state index in [0.717, 1.165) is 18.5 Å². The Morgan fingerprint density at radius 3 is 2.88 bits per heavy atom. The van der Waals surface area contributed by atoms with Gasteiger partial charge >= 0.3 is 0 Å². The zero-order chi connectivity index (χ0) is 11.5. The lowest BCUT2D eigenvalue weighted by molar-refractivity contribution is 0.113. The molecule has 4 nitrogen and oxygen atoms in total. The summed E-state index contributed by atoms with van der Waals surface area (Å²) in [4.78, 5) is 0. The normalized spacial score (nSPS) is 23.6. The molecule has 16 heavy (non-hydrogen) atoms. The molecule has 0 aliphatic carbocycles. The zero-order valence-corrected chi connectivity index (χ0v) is 10.1. The van der Waals surface area contributed by atoms with Crippen LogP contribution in [0.3, 0.4) is 0 Å². The number of nitrogens with one attached hydrogen (secondary N) is 1. The molecule has 1 aliphatic rings. The molecule has 2 rings (SSSR count). The van der Waals surface area contributed by atoms with Gasteiger partial charge in [-0.15, -0.1) is 0 Å². The lowest BCUT2D eigenvalue weighted by Gasteiger charge is -2.27. The molecule has 2 N–H and O–H groups in total. The van der Waals surface area contributed by atoms with Gasteiger partial charge in [0.2, 0.25) is 0 Å². The number of hydrogen-bond acceptors (Lipinski definition) is 3. The smallest absolute Gasteiger partial charge is 0.0973 e. The number of aromatic nitrogens is 2. The van der Waals surface area contributed by atoms with Crippen molar-refractivity contribution in [3.63, 3.8) is 0 Å². The van der Waals surface area contributed by atoms with E-state index in [9.17, 15) is 5.11 Å². The highest BCUT2D eigenvalue weighted by Gasteiger charge is 2.23. The molecule has 0 spiro atoms. The van der Waals surface area contributed by atoms with Gasteiger partial charge in [0.15, 0.2) is 0 Å². The topological polar surface area (TPSA) is 50.1 Å². The van der Waals surface area contributed by atoms with Gasteiger partial charge in [0.1, 0.15) is 0 Å². The quantitative estimate of drug-likeness (QED) is 0.819. The fourth-order valence-corrected chi connectivity index (χ4v) is 2.17. The fourth-order valence-electron chi connectivity index (χ4n) is 2.17. The van der Waals surface area contributed by atoms with Crippen LogP contribution in [-0.4, -0.2) is 27.5 Å². The molecule has 2 atom stereocenters. The SMILES string of the molecule is CC(C)n1cc(C(O)C2CCCCN2)cn1. The highest BCUT2D eigenvalue weighted by atomic mass is 16.3. The Bertz CT molecular complexity index is 329. The third-order valence-corrected chi connectivity index (χ3v) is 3.22. The molecule has 1 fully saturated rings. The van der Waals surface area contributed by atoms with Gasteiger partial charge in [-0.05, 0) is 33.2 Å². The minimum Gasteiger partial charge on any atom is -0.387 e. The van der Waals surface area contributed by atoms with Crippen molar-refractivity contribution in [2.45, 2.75) is 51.3 Å². The molecular formula is C12H21N3O. The second kappa shape index (κ2) is 4.97. The summed E-state index contributed by atoms with van der Waals surface area (Å²) in [6.07, 6.45) is 6.77. The first-order chi connectivity index (χ1) is 7.68. The molecule has 1 saturated heterocycles. The van der Waals surface area contributed by atoms with Crippen molar-refractivity contribution in [3.05, 3.63) is 18.0 Å². The Balaban J connectivity index is 2.04. The summed E-state index contributed by atoms with van der Waals surface area (Å²) in [6, 6.07) is 0.541. The van der Waals surface area contributed by atoms with Crippen LogP contribution < -0.4 is 5.32 Å². The molecule has 90 valence electrons. The third-order valence-electron chi connectivity index (χ3n) is 3.22. The second-order valence-electron chi connectivity index (χ2n) is 4.85. The van der Waals surface area contributed by atoms with Crippen molar-refractivity contribution in [2.75, 3.05) is 6.54 Å². The molecule has 0 bridgehead atoms. The van der Waals surface area contributed by atoms with Crippen molar-refractivity contribution in [1.82, 2.24) is 15.1 Å². The fraction of sp³-hybridized carbons (Fsp3) is 0.750. The maximum absolute atomic E-state index is 10.2. The molecule has 0 aromatic carbocycles. The van der Waals surface area contributed by atoms with E-state index in [1.54, 1.807) is 6.20 Å². The predicted octanol–water partition coefficient (Wildman–Crippen LogP) is 1.64. The van der Waals surface area contributed by atoms with Crippen molar-refractivity contribution in [3.8, 4) is 0 Å². The van der Waals surface area contributed by atoms with Crippen LogP contribution in [0.4, 0.5) is 0 Å². The zero-order valence-electron chi connectivity index (χ0n) is 10.1. The Morgan fingerprint density at radius 2 is 2.31 bits per heavy atom. The first-order valence-electron chi connectivity index (χ1n) is 6.14. The van der Waals surface area contributed by atoms with Gasteiger partial charge in [-0.2, -0.15) is 5.10 Å². The minimum atomic E-state index is -0.423. The van der Waals surface area contributed by atoms with E-state index < -0.39 is 6.10 Å². The molecule has 4 heteroatoms. The molecule has 2 unspecified atom stereocenters. The van der Waals surface area contributed by atoms with Gasteiger partial charge < -0.3 is 10.4 Å². The summed E-state index contributed by atoms with van der Waals surface area (Å²) in [5.41, 5.74) is 0.924. The Labute approximate surface area is 96.7 Å². The van der Waals surface area contributed by atoms with E-state index in [2.05, 4.69) is 24.3 Å². The number of nitrogens with zero attached hydrogens (tertiary/aromatic N) is 2. The largest absolute Gasteiger partial charge is 0.387 e. The molecule has 0 amide bonds. The standard InChI is InChI=1S/C12H21N3O/c1-9(2)15-8-10(7-14-15)12(16)11-5-3-4-6-13-11/h7-9,11-13,16H,3-6H2,1-2H3. The molecule has 1 aliphatic heterocycles. The Kier molecular flexibility index (Phi) is 3.61. The maximum atomic E-state index is 10.2. The van der Waals surface area contributed by atoms with Crippen LogP contribution in [-0.2, 0) is 0 Å². The monoisotopic (exact) mass is 223 g/mol. The minimum absolute atomic E-state index is 0.193. The molecular weight excluding hydrogens is 202 g/mol. The van der Waals surface area contributed by atoms with E-state index in [0.29, 0.717) is 6.04 Å². The van der Waals surface area contributed by atoms with Crippen LogP contribution in [0, 0.1) is 0 Å². The lowest BCUT2D eigenvalue weighted by atomic mass is 9.97. The number of piperidine rings is 1. The van der Waals surface area contributed by atoms with Crippen molar-refractivity contribution in [1.29, 1.82) is 0 Å². The molecule has 1 aromatic heterocycles. The van der Waals surface area contributed by atoms with E-state index in [4.69, 9.17) is 0 Å². The average Bonchev–Trinajstić information content (AvgIpc) is 2.78. The Hall–Kier alpha value is -0.870. The van der Waals surface area contributed by atoms with Gasteiger partial charge in [0.25, 0.3) is 0 Å². The van der Waals surface area contributed by atoms with Crippen molar-refractivity contribution in [2.24, 2.45) is 0 Å². The van der Waals surface area contributed by atoms with E-state index in [1.165, 1.54) is 12.8 Å². The molecule has 1 aromatic rings. The number of aliphatic hydroxyl groups excluding tert-OH is 1. The Morgan fingerprint density at radius 1 is 1.50 bits per heavy atom. The van der Waals surface area contributed by atoms with Crippen LogP contribution in [0.5, 0.6) is 0 Å². The summed E-state index contributed by atoms with van der Waals surface area (Å²) in [6.45, 7) is 5.18. The summed E-state index contributed by atoms with van der Waals surface area (Å²) < 4.78 is 1.89. The lowest BCUT2D eigenvalue weighted by Crippen LogP contribution is -2.38. The number of aliphatic hydroxyl groups is 1. The molecule has 2 heterocycles. The molecule has 0 saturated carbocycles. The van der Waals surface area contributed by atoms with Gasteiger partial charge in [0.05, 0.1) is 12.3 Å². The van der Waals surface area contributed by atoms with E-state index in [-0.39, 0.29) is 6.04 Å². The first-order valence-corrected chi connectivity index (χ1v) is 6.14. The van der Waals surface area contributed by atoms with E-state index >= 15 is 0 Å². The van der Waals surface area contributed by atoms with Crippen LogP contribution in [0.15, 0.2) is 12.4 Å². The highest BCUT2D eigenvalue weighted by molar-refractivity contribution is 5.11. The van der Waals surface area contributed by atoms with Crippen molar-refractivity contribution >= 4 is 0 Å². The van der Waals surface area contributed by atoms with Crippen molar-refractivity contribution < 1.29 is 5.11 Å². The third kappa shape index (κ3) is 2.44. The van der Waals surface area contributed by atoms with Crippen LogP contribution in [0.1, 0.15) is 50.8 Å². The second-order valence-corrected chi connectivity index (χ2v) is 4.85.